The largest absolute Gasteiger partial charge is 0.338 e. The SMILES string of the molecule is O=C(c1ccc2nccnc2c1)N1C[C@H]2CNC[C@H]2C1. The highest BCUT2D eigenvalue weighted by Gasteiger charge is 2.38. The van der Waals surface area contributed by atoms with Crippen molar-refractivity contribution < 1.29 is 4.79 Å². The van der Waals surface area contributed by atoms with E-state index in [9.17, 15) is 4.79 Å². The lowest BCUT2D eigenvalue weighted by atomic mass is 10.0. The minimum atomic E-state index is 0.118. The molecule has 0 spiro atoms. The number of benzene rings is 1. The van der Waals surface area contributed by atoms with E-state index in [1.807, 2.05) is 23.1 Å². The Labute approximate surface area is 117 Å². The Hall–Kier alpha value is -2.01. The van der Waals surface area contributed by atoms with Crippen molar-refractivity contribution >= 4 is 16.9 Å². The summed E-state index contributed by atoms with van der Waals surface area (Å²) in [5.74, 6) is 1.37. The van der Waals surface area contributed by atoms with Gasteiger partial charge < -0.3 is 10.2 Å². The number of carbonyl (C=O) groups excluding carboxylic acids is 1. The Kier molecular flexibility index (Phi) is 2.67. The summed E-state index contributed by atoms with van der Waals surface area (Å²) in [4.78, 5) is 23.1. The van der Waals surface area contributed by atoms with E-state index in [2.05, 4.69) is 15.3 Å². The summed E-state index contributed by atoms with van der Waals surface area (Å²) in [6.07, 6.45) is 3.32. The van der Waals surface area contributed by atoms with Crippen molar-refractivity contribution in [2.45, 2.75) is 0 Å². The molecule has 3 heterocycles. The molecule has 2 aliphatic rings. The molecular weight excluding hydrogens is 252 g/mol. The van der Waals surface area contributed by atoms with Crippen LogP contribution >= 0.6 is 0 Å². The highest BCUT2D eigenvalue weighted by atomic mass is 16.2. The van der Waals surface area contributed by atoms with Crippen LogP contribution in [0, 0.1) is 11.8 Å². The van der Waals surface area contributed by atoms with Crippen LogP contribution in [-0.2, 0) is 0 Å². The van der Waals surface area contributed by atoms with Crippen LogP contribution in [0.2, 0.25) is 0 Å². The molecule has 0 unspecified atom stereocenters. The molecule has 1 aromatic carbocycles. The quantitative estimate of drug-likeness (QED) is 0.835. The summed E-state index contributed by atoms with van der Waals surface area (Å²) in [6, 6.07) is 5.57. The zero-order valence-electron chi connectivity index (χ0n) is 11.1. The molecule has 2 saturated heterocycles. The smallest absolute Gasteiger partial charge is 0.253 e. The summed E-state index contributed by atoms with van der Waals surface area (Å²) >= 11 is 0. The Morgan fingerprint density at radius 1 is 1.10 bits per heavy atom. The third kappa shape index (κ3) is 1.86. The summed E-state index contributed by atoms with van der Waals surface area (Å²) in [7, 11) is 0. The van der Waals surface area contributed by atoms with Crippen LogP contribution < -0.4 is 5.32 Å². The molecule has 0 bridgehead atoms. The first-order valence-electron chi connectivity index (χ1n) is 7.02. The van der Waals surface area contributed by atoms with Crippen LogP contribution in [0.4, 0.5) is 0 Å². The lowest BCUT2D eigenvalue weighted by Crippen LogP contribution is -2.31. The van der Waals surface area contributed by atoms with Gasteiger partial charge in [-0.25, -0.2) is 0 Å². The number of likely N-dealkylation sites (tertiary alicyclic amines) is 1. The van der Waals surface area contributed by atoms with Gasteiger partial charge in [-0.1, -0.05) is 0 Å². The minimum absolute atomic E-state index is 0.118. The fourth-order valence-corrected chi connectivity index (χ4v) is 3.30. The lowest BCUT2D eigenvalue weighted by molar-refractivity contribution is 0.0782. The zero-order valence-corrected chi connectivity index (χ0v) is 11.1. The van der Waals surface area contributed by atoms with Crippen molar-refractivity contribution in [3.05, 3.63) is 36.2 Å². The van der Waals surface area contributed by atoms with Gasteiger partial charge in [-0.15, -0.1) is 0 Å². The zero-order chi connectivity index (χ0) is 13.5. The van der Waals surface area contributed by atoms with Gasteiger partial charge in [0.2, 0.25) is 0 Å². The number of nitrogens with one attached hydrogen (secondary N) is 1. The number of hydrogen-bond acceptors (Lipinski definition) is 4. The van der Waals surface area contributed by atoms with Crippen molar-refractivity contribution in [3.8, 4) is 0 Å². The first-order chi connectivity index (χ1) is 9.81. The lowest BCUT2D eigenvalue weighted by Gasteiger charge is -2.17. The van der Waals surface area contributed by atoms with Gasteiger partial charge in [-0.3, -0.25) is 14.8 Å². The highest BCUT2D eigenvalue weighted by molar-refractivity contribution is 5.97. The molecule has 1 N–H and O–H groups in total. The summed E-state index contributed by atoms with van der Waals surface area (Å²) in [6.45, 7) is 3.82. The summed E-state index contributed by atoms with van der Waals surface area (Å²) in [5, 5.41) is 3.39. The molecule has 20 heavy (non-hydrogen) atoms. The molecule has 102 valence electrons. The molecule has 4 rings (SSSR count). The van der Waals surface area contributed by atoms with Gasteiger partial charge in [0, 0.05) is 44.1 Å². The molecule has 1 amide bonds. The molecule has 5 heteroatoms. The number of aromatic nitrogens is 2. The first-order valence-corrected chi connectivity index (χ1v) is 7.02. The molecule has 0 radical (unpaired) electrons. The minimum Gasteiger partial charge on any atom is -0.338 e. The number of hydrogen-bond donors (Lipinski definition) is 1. The second-order valence-electron chi connectivity index (χ2n) is 5.65. The van der Waals surface area contributed by atoms with Gasteiger partial charge in [-0.2, -0.15) is 0 Å². The fraction of sp³-hybridized carbons (Fsp3) is 0.400. The molecule has 2 fully saturated rings. The Morgan fingerprint density at radius 2 is 1.80 bits per heavy atom. The second kappa shape index (κ2) is 4.52. The second-order valence-corrected chi connectivity index (χ2v) is 5.65. The maximum Gasteiger partial charge on any atom is 0.253 e. The van der Waals surface area contributed by atoms with E-state index < -0.39 is 0 Å². The van der Waals surface area contributed by atoms with Gasteiger partial charge >= 0.3 is 0 Å². The van der Waals surface area contributed by atoms with Gasteiger partial charge in [0.1, 0.15) is 0 Å². The Morgan fingerprint density at radius 3 is 2.55 bits per heavy atom. The van der Waals surface area contributed by atoms with Crippen molar-refractivity contribution in [1.82, 2.24) is 20.2 Å². The van der Waals surface area contributed by atoms with E-state index in [1.165, 1.54) is 0 Å². The van der Waals surface area contributed by atoms with Gasteiger partial charge in [0.25, 0.3) is 5.91 Å². The van der Waals surface area contributed by atoms with Crippen LogP contribution in [-0.4, -0.2) is 47.0 Å². The maximum atomic E-state index is 12.6. The van der Waals surface area contributed by atoms with Crippen LogP contribution in [0.15, 0.2) is 30.6 Å². The normalized spacial score (nSPS) is 25.1. The van der Waals surface area contributed by atoms with Crippen LogP contribution in [0.1, 0.15) is 10.4 Å². The van der Waals surface area contributed by atoms with Gasteiger partial charge in [0.15, 0.2) is 0 Å². The number of fused-ring (bicyclic) bond motifs is 2. The average molecular weight is 268 g/mol. The fourth-order valence-electron chi connectivity index (χ4n) is 3.30. The van der Waals surface area contributed by atoms with Gasteiger partial charge in [0.05, 0.1) is 11.0 Å². The van der Waals surface area contributed by atoms with Crippen LogP contribution in [0.25, 0.3) is 11.0 Å². The molecule has 1 aromatic heterocycles. The topological polar surface area (TPSA) is 58.1 Å². The summed E-state index contributed by atoms with van der Waals surface area (Å²) in [5.41, 5.74) is 2.32. The molecule has 2 aliphatic heterocycles. The average Bonchev–Trinajstić information content (AvgIpc) is 3.07. The van der Waals surface area contributed by atoms with Crippen LogP contribution in [0.5, 0.6) is 0 Å². The van der Waals surface area contributed by atoms with E-state index in [-0.39, 0.29) is 5.91 Å². The van der Waals surface area contributed by atoms with Gasteiger partial charge in [-0.05, 0) is 30.0 Å². The third-order valence-electron chi connectivity index (χ3n) is 4.39. The highest BCUT2D eigenvalue weighted by Crippen LogP contribution is 2.27. The number of amides is 1. The van der Waals surface area contributed by atoms with E-state index in [0.717, 1.165) is 37.2 Å². The standard InChI is InChI=1S/C15H16N4O/c20-15(19-8-11-6-16-7-12(11)9-19)10-1-2-13-14(5-10)18-4-3-17-13/h1-5,11-12,16H,6-9H2/t11-,12+. The summed E-state index contributed by atoms with van der Waals surface area (Å²) < 4.78 is 0. The number of carbonyl (C=O) groups is 1. The van der Waals surface area contributed by atoms with Crippen molar-refractivity contribution in [2.75, 3.05) is 26.2 Å². The van der Waals surface area contributed by atoms with Crippen molar-refractivity contribution in [3.63, 3.8) is 0 Å². The van der Waals surface area contributed by atoms with E-state index in [4.69, 9.17) is 0 Å². The molecule has 2 aromatic rings. The van der Waals surface area contributed by atoms with E-state index >= 15 is 0 Å². The molecular formula is C15H16N4O. The monoisotopic (exact) mass is 268 g/mol. The number of nitrogens with zero attached hydrogens (tertiary/aromatic N) is 3. The first kappa shape index (κ1) is 11.8. The predicted molar refractivity (Wildman–Crippen MR) is 75.3 cm³/mol. The Balaban J connectivity index is 1.61. The van der Waals surface area contributed by atoms with E-state index in [1.54, 1.807) is 12.4 Å². The van der Waals surface area contributed by atoms with Crippen LogP contribution in [0.3, 0.4) is 0 Å². The molecule has 0 saturated carbocycles. The van der Waals surface area contributed by atoms with Crippen molar-refractivity contribution in [1.29, 1.82) is 0 Å². The van der Waals surface area contributed by atoms with Crippen molar-refractivity contribution in [2.24, 2.45) is 11.8 Å². The Bertz CT molecular complexity index is 660. The molecule has 2 atom stereocenters. The van der Waals surface area contributed by atoms with E-state index in [0.29, 0.717) is 17.4 Å². The molecule has 0 aliphatic carbocycles. The molecule has 5 nitrogen and oxygen atoms in total. The maximum absolute atomic E-state index is 12.6. The third-order valence-corrected chi connectivity index (χ3v) is 4.39. The predicted octanol–water partition coefficient (Wildman–Crippen LogP) is 0.921. The number of rotatable bonds is 1.